The molecule has 140 valence electrons. The first-order chi connectivity index (χ1) is 12.9. The fraction of sp³-hybridized carbons (Fsp3) is 0.118. The SMILES string of the molecule is COC(=O)C=Cc1ccc(O)c(C=N/N=C2/NC(=O)/C(=C\C(=O)OC)S2)c1. The van der Waals surface area contributed by atoms with Gasteiger partial charge in [0.05, 0.1) is 25.3 Å². The monoisotopic (exact) mass is 389 g/mol. The van der Waals surface area contributed by atoms with Gasteiger partial charge in [-0.25, -0.2) is 9.59 Å². The second-order valence-electron chi connectivity index (χ2n) is 4.91. The number of carbonyl (C=O) groups is 3. The van der Waals surface area contributed by atoms with Crippen molar-refractivity contribution >= 4 is 47.1 Å². The molecule has 1 heterocycles. The van der Waals surface area contributed by atoms with E-state index in [-0.39, 0.29) is 15.8 Å². The largest absolute Gasteiger partial charge is 0.507 e. The highest BCUT2D eigenvalue weighted by Gasteiger charge is 2.24. The summed E-state index contributed by atoms with van der Waals surface area (Å²) in [5.41, 5.74) is 0.991. The van der Waals surface area contributed by atoms with E-state index in [4.69, 9.17) is 0 Å². The molecule has 0 saturated carbocycles. The molecule has 9 nitrogen and oxygen atoms in total. The molecule has 0 spiro atoms. The van der Waals surface area contributed by atoms with E-state index in [0.29, 0.717) is 11.1 Å². The van der Waals surface area contributed by atoms with Crippen LogP contribution in [0.3, 0.4) is 0 Å². The molecule has 1 aliphatic heterocycles. The molecule has 1 aromatic rings. The number of amides is 1. The topological polar surface area (TPSA) is 127 Å². The number of rotatable bonds is 5. The summed E-state index contributed by atoms with van der Waals surface area (Å²) in [4.78, 5) is 34.1. The molecule has 2 N–H and O–H groups in total. The molecule has 0 atom stereocenters. The molecule has 1 fully saturated rings. The van der Waals surface area contributed by atoms with Gasteiger partial charge >= 0.3 is 11.9 Å². The lowest BCUT2D eigenvalue weighted by Gasteiger charge is -2.00. The van der Waals surface area contributed by atoms with Gasteiger partial charge in [0, 0.05) is 17.7 Å². The van der Waals surface area contributed by atoms with Gasteiger partial charge in [-0.2, -0.15) is 5.10 Å². The third-order valence-corrected chi connectivity index (χ3v) is 4.01. The molecule has 0 aliphatic carbocycles. The van der Waals surface area contributed by atoms with Crippen LogP contribution in [-0.4, -0.2) is 48.6 Å². The Morgan fingerprint density at radius 2 is 1.96 bits per heavy atom. The molecule has 0 radical (unpaired) electrons. The fourth-order valence-corrected chi connectivity index (χ4v) is 2.54. The molecule has 0 bridgehead atoms. The Morgan fingerprint density at radius 3 is 2.67 bits per heavy atom. The average Bonchev–Trinajstić information content (AvgIpc) is 3.00. The number of hydrogen-bond donors (Lipinski definition) is 2. The number of thioether (sulfide) groups is 1. The van der Waals surface area contributed by atoms with Gasteiger partial charge in [-0.3, -0.25) is 10.1 Å². The van der Waals surface area contributed by atoms with Crippen molar-refractivity contribution in [2.24, 2.45) is 10.2 Å². The van der Waals surface area contributed by atoms with Gasteiger partial charge in [0.2, 0.25) is 0 Å². The van der Waals surface area contributed by atoms with E-state index in [2.05, 4.69) is 25.0 Å². The highest BCUT2D eigenvalue weighted by molar-refractivity contribution is 8.18. The maximum atomic E-state index is 11.7. The zero-order valence-corrected chi connectivity index (χ0v) is 15.1. The van der Waals surface area contributed by atoms with Crippen LogP contribution in [0.2, 0.25) is 0 Å². The first kappa shape index (κ1) is 19.9. The smallest absolute Gasteiger partial charge is 0.331 e. The van der Waals surface area contributed by atoms with Gasteiger partial charge in [0.1, 0.15) is 5.75 Å². The minimum Gasteiger partial charge on any atom is -0.507 e. The summed E-state index contributed by atoms with van der Waals surface area (Å²) >= 11 is 0.930. The summed E-state index contributed by atoms with van der Waals surface area (Å²) in [6.45, 7) is 0. The molecule has 1 saturated heterocycles. The number of methoxy groups -OCH3 is 2. The molecule has 10 heteroatoms. The number of benzene rings is 1. The predicted molar refractivity (Wildman–Crippen MR) is 100 cm³/mol. The fourth-order valence-electron chi connectivity index (χ4n) is 1.80. The number of nitrogens with zero attached hydrogens (tertiary/aromatic N) is 2. The maximum absolute atomic E-state index is 11.7. The lowest BCUT2D eigenvalue weighted by atomic mass is 10.1. The summed E-state index contributed by atoms with van der Waals surface area (Å²) in [7, 11) is 2.48. The van der Waals surface area contributed by atoms with Crippen LogP contribution in [0.1, 0.15) is 11.1 Å². The van der Waals surface area contributed by atoms with Gasteiger partial charge < -0.3 is 14.6 Å². The first-order valence-corrected chi connectivity index (χ1v) is 8.23. The second-order valence-corrected chi connectivity index (χ2v) is 5.94. The van der Waals surface area contributed by atoms with Crippen LogP contribution in [-0.2, 0) is 23.9 Å². The normalized spacial score (nSPS) is 17.0. The van der Waals surface area contributed by atoms with E-state index in [1.807, 2.05) is 0 Å². The van der Waals surface area contributed by atoms with E-state index in [9.17, 15) is 19.5 Å². The molecule has 27 heavy (non-hydrogen) atoms. The number of phenolic OH excluding ortho intramolecular Hbond substituents is 1. The molecule has 2 rings (SSSR count). The molecular weight excluding hydrogens is 374 g/mol. The van der Waals surface area contributed by atoms with E-state index in [1.54, 1.807) is 12.1 Å². The van der Waals surface area contributed by atoms with Gasteiger partial charge in [-0.05, 0) is 35.5 Å². The molecular formula is C17H15N3O6S. The summed E-state index contributed by atoms with van der Waals surface area (Å²) < 4.78 is 8.97. The van der Waals surface area contributed by atoms with Crippen LogP contribution in [0.4, 0.5) is 0 Å². The Hall–Kier alpha value is -3.40. The van der Waals surface area contributed by atoms with Crippen LogP contribution >= 0.6 is 11.8 Å². The number of amidine groups is 1. The third-order valence-electron chi connectivity index (χ3n) is 3.11. The second kappa shape index (κ2) is 9.34. The number of esters is 2. The highest BCUT2D eigenvalue weighted by atomic mass is 32.2. The standard InChI is InChI=1S/C17H15N3O6S/c1-25-14(22)6-4-10-3-5-12(21)11(7-10)9-18-20-17-19-16(24)13(27-17)8-15(23)26-2/h3-9,21H,1-2H3,(H,19,20,24)/b6-4?,13-8+,18-9?. The third kappa shape index (κ3) is 5.82. The van der Waals surface area contributed by atoms with Gasteiger partial charge in [-0.15, -0.1) is 5.10 Å². The lowest BCUT2D eigenvalue weighted by molar-refractivity contribution is -0.135. The Kier molecular flexibility index (Phi) is 6.89. The van der Waals surface area contributed by atoms with E-state index in [1.165, 1.54) is 38.7 Å². The van der Waals surface area contributed by atoms with Crippen molar-refractivity contribution < 1.29 is 29.0 Å². The van der Waals surface area contributed by atoms with E-state index >= 15 is 0 Å². The molecule has 0 aromatic heterocycles. The van der Waals surface area contributed by atoms with Crippen molar-refractivity contribution in [3.05, 3.63) is 46.4 Å². The number of ether oxygens (including phenoxy) is 2. The Labute approximate surface area is 158 Å². The van der Waals surface area contributed by atoms with Gasteiger partial charge in [-0.1, -0.05) is 6.07 Å². The molecule has 1 aromatic carbocycles. The van der Waals surface area contributed by atoms with Crippen LogP contribution in [0.15, 0.2) is 45.5 Å². The summed E-state index contributed by atoms with van der Waals surface area (Å²) in [5, 5.41) is 20.1. The number of nitrogens with one attached hydrogen (secondary N) is 1. The van der Waals surface area contributed by atoms with Crippen LogP contribution in [0.25, 0.3) is 6.08 Å². The number of aromatic hydroxyl groups is 1. The van der Waals surface area contributed by atoms with Crippen LogP contribution < -0.4 is 5.32 Å². The van der Waals surface area contributed by atoms with Crippen molar-refractivity contribution in [3.8, 4) is 5.75 Å². The van der Waals surface area contributed by atoms with Gasteiger partial charge in [0.25, 0.3) is 5.91 Å². The quantitative estimate of drug-likeness (QED) is 0.335. The molecule has 0 unspecified atom stereocenters. The minimum absolute atomic E-state index is 0.0384. The number of phenols is 1. The first-order valence-electron chi connectivity index (χ1n) is 7.42. The van der Waals surface area contributed by atoms with Crippen molar-refractivity contribution in [3.63, 3.8) is 0 Å². The summed E-state index contributed by atoms with van der Waals surface area (Å²) in [5.74, 6) is -1.69. The zero-order valence-electron chi connectivity index (χ0n) is 14.3. The Balaban J connectivity index is 2.12. The van der Waals surface area contributed by atoms with Crippen LogP contribution in [0.5, 0.6) is 5.75 Å². The zero-order chi connectivity index (χ0) is 19.8. The maximum Gasteiger partial charge on any atom is 0.331 e. The van der Waals surface area contributed by atoms with Crippen molar-refractivity contribution in [2.75, 3.05) is 14.2 Å². The molecule has 1 amide bonds. The molecule has 1 aliphatic rings. The predicted octanol–water partition coefficient (Wildman–Crippen LogP) is 1.19. The van der Waals surface area contributed by atoms with E-state index < -0.39 is 17.8 Å². The summed E-state index contributed by atoms with van der Waals surface area (Å²) in [6, 6.07) is 4.63. The number of hydrogen-bond acceptors (Lipinski definition) is 9. The van der Waals surface area contributed by atoms with Crippen molar-refractivity contribution in [1.29, 1.82) is 0 Å². The van der Waals surface area contributed by atoms with Crippen LogP contribution in [0, 0.1) is 0 Å². The van der Waals surface area contributed by atoms with Crippen molar-refractivity contribution in [1.82, 2.24) is 5.32 Å². The number of carbonyl (C=O) groups excluding carboxylic acids is 3. The average molecular weight is 389 g/mol. The Morgan fingerprint density at radius 1 is 1.22 bits per heavy atom. The highest BCUT2D eigenvalue weighted by Crippen LogP contribution is 2.23. The van der Waals surface area contributed by atoms with Gasteiger partial charge in [0.15, 0.2) is 5.17 Å². The Bertz CT molecular complexity index is 889. The van der Waals surface area contributed by atoms with E-state index in [0.717, 1.165) is 17.8 Å². The summed E-state index contributed by atoms with van der Waals surface area (Å²) in [6.07, 6.45) is 5.10. The lowest BCUT2D eigenvalue weighted by Crippen LogP contribution is -2.19. The van der Waals surface area contributed by atoms with Crippen molar-refractivity contribution in [2.45, 2.75) is 0 Å². The minimum atomic E-state index is -0.654.